The van der Waals surface area contributed by atoms with Gasteiger partial charge in [-0.3, -0.25) is 9.52 Å². The number of rotatable bonds is 4. The van der Waals surface area contributed by atoms with Crippen LogP contribution in [0.2, 0.25) is 5.82 Å². The van der Waals surface area contributed by atoms with Gasteiger partial charge in [0.05, 0.1) is 5.25 Å². The molecule has 0 saturated heterocycles. The molecule has 2 fully saturated rings. The molecule has 72 valence electrons. The van der Waals surface area contributed by atoms with Gasteiger partial charge in [0.25, 0.3) is 0 Å². The second-order valence-corrected chi connectivity index (χ2v) is 5.88. The van der Waals surface area contributed by atoms with Crippen molar-refractivity contribution in [1.82, 2.24) is 4.72 Å². The number of hydrogen-bond donors (Lipinski definition) is 1. The molecule has 0 atom stereocenters. The fourth-order valence-electron chi connectivity index (χ4n) is 1.25. The number of sulfonamides is 1. The predicted octanol–water partition coefficient (Wildman–Crippen LogP) is 0.207. The third kappa shape index (κ3) is 2.46. The molecule has 0 aliphatic heterocycles. The average molecular weight is 201 g/mol. The van der Waals surface area contributed by atoms with E-state index in [1.54, 1.807) is 0 Å². The van der Waals surface area contributed by atoms with Crippen molar-refractivity contribution in [3.8, 4) is 0 Å². The molecular formula is C7H12BNO3S. The Morgan fingerprint density at radius 1 is 1.23 bits per heavy atom. The Bertz CT molecular complexity index is 319. The topological polar surface area (TPSA) is 63.2 Å². The molecule has 6 heteroatoms. The molecule has 0 aromatic carbocycles. The molecule has 0 unspecified atom stereocenters. The van der Waals surface area contributed by atoms with Gasteiger partial charge in [0.15, 0.2) is 5.81 Å². The SMILES string of the molecule is O=C(BC1CC1)NS(=O)(=O)C1CC1. The Balaban J connectivity index is 1.84. The second kappa shape index (κ2) is 3.01. The molecule has 13 heavy (non-hydrogen) atoms. The van der Waals surface area contributed by atoms with Crippen molar-refractivity contribution in [3.05, 3.63) is 0 Å². The van der Waals surface area contributed by atoms with Crippen molar-refractivity contribution < 1.29 is 13.2 Å². The van der Waals surface area contributed by atoms with E-state index in [1.165, 1.54) is 0 Å². The standard InChI is InChI=1S/C7H12BNO3S/c10-7(8-5-1-2-5)9-13(11,12)6-3-4-6/h5-6,8H,1-4H2,(H,9,10). The average Bonchev–Trinajstić information content (AvgIpc) is 2.81. The molecule has 4 nitrogen and oxygen atoms in total. The van der Waals surface area contributed by atoms with Crippen molar-refractivity contribution in [1.29, 1.82) is 0 Å². The Morgan fingerprint density at radius 2 is 1.85 bits per heavy atom. The van der Waals surface area contributed by atoms with Crippen molar-refractivity contribution >= 4 is 23.1 Å². The monoisotopic (exact) mass is 201 g/mol. The highest BCUT2D eigenvalue weighted by Gasteiger charge is 2.37. The Kier molecular flexibility index (Phi) is 2.10. The highest BCUT2D eigenvalue weighted by Crippen LogP contribution is 2.35. The quantitative estimate of drug-likeness (QED) is 0.661. The van der Waals surface area contributed by atoms with Gasteiger partial charge in [-0.1, -0.05) is 18.7 Å². The zero-order valence-corrected chi connectivity index (χ0v) is 8.14. The minimum Gasteiger partial charge on any atom is -0.287 e. The van der Waals surface area contributed by atoms with Crippen molar-refractivity contribution in [2.45, 2.75) is 36.8 Å². The second-order valence-electron chi connectivity index (χ2n) is 3.92. The summed E-state index contributed by atoms with van der Waals surface area (Å²) < 4.78 is 24.7. The van der Waals surface area contributed by atoms with E-state index in [0.29, 0.717) is 25.9 Å². The molecule has 0 spiro atoms. The highest BCUT2D eigenvalue weighted by molar-refractivity contribution is 7.91. The van der Waals surface area contributed by atoms with Crippen LogP contribution in [-0.4, -0.2) is 26.8 Å². The summed E-state index contributed by atoms with van der Waals surface area (Å²) in [6.45, 7) is 0. The van der Waals surface area contributed by atoms with Gasteiger partial charge in [0.2, 0.25) is 17.3 Å². The van der Waals surface area contributed by atoms with E-state index in [4.69, 9.17) is 0 Å². The molecule has 2 saturated carbocycles. The minimum absolute atomic E-state index is 0.296. The first-order valence-electron chi connectivity index (χ1n) is 4.62. The van der Waals surface area contributed by atoms with Crippen molar-refractivity contribution in [2.24, 2.45) is 0 Å². The summed E-state index contributed by atoms with van der Waals surface area (Å²) in [7, 11) is -2.92. The van der Waals surface area contributed by atoms with Crippen LogP contribution >= 0.6 is 0 Å². The van der Waals surface area contributed by atoms with Crippen LogP contribution in [0.1, 0.15) is 25.7 Å². The van der Waals surface area contributed by atoms with E-state index >= 15 is 0 Å². The van der Waals surface area contributed by atoms with E-state index in [1.807, 2.05) is 0 Å². The Labute approximate surface area is 78.4 Å². The smallest absolute Gasteiger partial charge is 0.238 e. The molecule has 2 rings (SSSR count). The fourth-order valence-corrected chi connectivity index (χ4v) is 2.57. The lowest BCUT2D eigenvalue weighted by Crippen LogP contribution is -2.35. The van der Waals surface area contributed by atoms with Crippen LogP contribution in [-0.2, 0) is 10.0 Å². The first-order chi connectivity index (χ1) is 6.08. The lowest BCUT2D eigenvalue weighted by Gasteiger charge is -2.03. The molecule has 0 aromatic rings. The van der Waals surface area contributed by atoms with Crippen LogP contribution in [0.25, 0.3) is 0 Å². The number of amides is 1. The molecule has 1 amide bonds. The van der Waals surface area contributed by atoms with Gasteiger partial charge < -0.3 is 0 Å². The van der Waals surface area contributed by atoms with Gasteiger partial charge in [0.1, 0.15) is 0 Å². The normalized spacial score (nSPS) is 22.5. The number of carbonyl (C=O) groups excluding carboxylic acids is 1. The third-order valence-corrected chi connectivity index (χ3v) is 4.25. The van der Waals surface area contributed by atoms with Gasteiger partial charge in [-0.05, 0) is 12.8 Å². The number of hydrogen-bond acceptors (Lipinski definition) is 3. The molecule has 0 heterocycles. The van der Waals surface area contributed by atoms with Crippen molar-refractivity contribution in [2.75, 3.05) is 0 Å². The third-order valence-electron chi connectivity index (χ3n) is 2.39. The summed E-state index contributed by atoms with van der Waals surface area (Å²) in [4.78, 5) is 11.2. The summed E-state index contributed by atoms with van der Waals surface area (Å²) in [6.07, 6.45) is 3.53. The number of nitrogens with one attached hydrogen (secondary N) is 1. The summed E-state index contributed by atoms with van der Waals surface area (Å²) >= 11 is 0. The van der Waals surface area contributed by atoms with Crippen LogP contribution in [0.4, 0.5) is 4.79 Å². The van der Waals surface area contributed by atoms with Crippen LogP contribution in [0.3, 0.4) is 0 Å². The van der Waals surface area contributed by atoms with Gasteiger partial charge in [0, 0.05) is 0 Å². The number of carbonyl (C=O) groups is 1. The summed E-state index contributed by atoms with van der Waals surface area (Å²) in [5, 5.41) is -0.296. The van der Waals surface area contributed by atoms with E-state index in [0.717, 1.165) is 12.8 Å². The molecule has 2 aliphatic carbocycles. The summed E-state index contributed by atoms with van der Waals surface area (Å²) in [5.74, 6) is 0.115. The van der Waals surface area contributed by atoms with Crippen LogP contribution in [0, 0.1) is 0 Å². The lowest BCUT2D eigenvalue weighted by atomic mass is 9.72. The highest BCUT2D eigenvalue weighted by atomic mass is 32.2. The maximum Gasteiger partial charge on any atom is 0.238 e. The van der Waals surface area contributed by atoms with Gasteiger partial charge >= 0.3 is 0 Å². The Hall–Kier alpha value is -0.515. The molecule has 0 bridgehead atoms. The Morgan fingerprint density at radius 3 is 2.31 bits per heavy atom. The van der Waals surface area contributed by atoms with Crippen LogP contribution in [0.15, 0.2) is 0 Å². The maximum atomic E-state index is 11.3. The largest absolute Gasteiger partial charge is 0.287 e. The molecule has 0 aromatic heterocycles. The molecular weight excluding hydrogens is 189 g/mol. The maximum absolute atomic E-state index is 11.3. The molecule has 0 radical (unpaired) electrons. The first-order valence-corrected chi connectivity index (χ1v) is 6.17. The van der Waals surface area contributed by atoms with Gasteiger partial charge in [-0.25, -0.2) is 8.42 Å². The van der Waals surface area contributed by atoms with Crippen LogP contribution < -0.4 is 4.72 Å². The summed E-state index contributed by atoms with van der Waals surface area (Å²) in [5.41, 5.74) is 0. The van der Waals surface area contributed by atoms with Crippen LogP contribution in [0.5, 0.6) is 0 Å². The molecule has 2 aliphatic rings. The fraction of sp³-hybridized carbons (Fsp3) is 0.857. The minimum atomic E-state index is -3.30. The molecule has 1 N–H and O–H groups in total. The summed E-state index contributed by atoms with van der Waals surface area (Å²) in [6, 6.07) is 0. The zero-order chi connectivity index (χ0) is 9.47. The van der Waals surface area contributed by atoms with Gasteiger partial charge in [-0.2, -0.15) is 0 Å². The lowest BCUT2D eigenvalue weighted by molar-refractivity contribution is 0.263. The van der Waals surface area contributed by atoms with E-state index in [-0.39, 0.29) is 11.1 Å². The first kappa shape index (κ1) is 9.06. The van der Waals surface area contributed by atoms with E-state index in [2.05, 4.69) is 4.72 Å². The van der Waals surface area contributed by atoms with E-state index in [9.17, 15) is 13.2 Å². The van der Waals surface area contributed by atoms with Gasteiger partial charge in [-0.15, -0.1) is 0 Å². The zero-order valence-electron chi connectivity index (χ0n) is 7.32. The predicted molar refractivity (Wildman–Crippen MR) is 50.6 cm³/mol. The van der Waals surface area contributed by atoms with Crippen molar-refractivity contribution in [3.63, 3.8) is 0 Å². The van der Waals surface area contributed by atoms with E-state index < -0.39 is 10.0 Å².